The molecule has 0 radical (unpaired) electrons. The van der Waals surface area contributed by atoms with E-state index in [0.717, 1.165) is 17.8 Å². The van der Waals surface area contributed by atoms with Crippen molar-refractivity contribution in [2.45, 2.75) is 57.9 Å². The number of unbranched alkanes of at least 4 members (excludes halogenated alkanes) is 4. The Morgan fingerprint density at radius 1 is 1.24 bits per heavy atom. The van der Waals surface area contributed by atoms with Gasteiger partial charge >= 0.3 is 5.97 Å². The van der Waals surface area contributed by atoms with Crippen molar-refractivity contribution < 1.29 is 9.90 Å². The maximum Gasteiger partial charge on any atom is 0.307 e. The summed E-state index contributed by atoms with van der Waals surface area (Å²) >= 11 is 0. The summed E-state index contributed by atoms with van der Waals surface area (Å²) in [6.07, 6.45) is 8.05. The van der Waals surface area contributed by atoms with Crippen LogP contribution in [0.2, 0.25) is 0 Å². The number of hydrogen-bond acceptors (Lipinski definition) is 3. The molecule has 2 atom stereocenters. The SMILES string of the molecule is CCCCCCCC1CN1Nc1ccc(CC(=O)O)cc1. The van der Waals surface area contributed by atoms with Gasteiger partial charge in [-0.1, -0.05) is 51.2 Å². The number of hydrazine groups is 1. The van der Waals surface area contributed by atoms with Crippen molar-refractivity contribution in [2.24, 2.45) is 0 Å². The zero-order chi connectivity index (χ0) is 15.1. The normalized spacial score (nSPS) is 20.2. The van der Waals surface area contributed by atoms with E-state index in [-0.39, 0.29) is 6.42 Å². The molecule has 2 rings (SSSR count). The lowest BCUT2D eigenvalue weighted by atomic mass is 10.1. The summed E-state index contributed by atoms with van der Waals surface area (Å²) in [7, 11) is 0. The lowest BCUT2D eigenvalue weighted by Crippen LogP contribution is -2.11. The predicted octanol–water partition coefficient (Wildman–Crippen LogP) is 3.69. The number of carbonyl (C=O) groups is 1. The van der Waals surface area contributed by atoms with Crippen LogP contribution in [0.25, 0.3) is 0 Å². The smallest absolute Gasteiger partial charge is 0.307 e. The number of aliphatic carboxylic acids is 1. The predicted molar refractivity (Wildman–Crippen MR) is 85.3 cm³/mol. The van der Waals surface area contributed by atoms with E-state index < -0.39 is 5.97 Å². The first-order valence-electron chi connectivity index (χ1n) is 8.03. The van der Waals surface area contributed by atoms with Crippen molar-refractivity contribution in [3.8, 4) is 0 Å². The van der Waals surface area contributed by atoms with E-state index in [4.69, 9.17) is 5.11 Å². The number of nitrogens with zero attached hydrogens (tertiary/aromatic N) is 1. The summed E-state index contributed by atoms with van der Waals surface area (Å²) in [5, 5.41) is 11.0. The molecule has 1 saturated heterocycles. The van der Waals surface area contributed by atoms with Gasteiger partial charge < -0.3 is 10.5 Å². The van der Waals surface area contributed by atoms with Gasteiger partial charge in [-0.2, -0.15) is 0 Å². The Hall–Kier alpha value is -1.55. The Morgan fingerprint density at radius 3 is 2.62 bits per heavy atom. The monoisotopic (exact) mass is 290 g/mol. The molecular formula is C17H26N2O2. The van der Waals surface area contributed by atoms with Gasteiger partial charge in [-0.3, -0.25) is 4.79 Å². The molecule has 116 valence electrons. The molecule has 2 N–H and O–H groups in total. The van der Waals surface area contributed by atoms with Gasteiger partial charge in [0.1, 0.15) is 0 Å². The van der Waals surface area contributed by atoms with Crippen LogP contribution >= 0.6 is 0 Å². The van der Waals surface area contributed by atoms with Crippen molar-refractivity contribution in [3.05, 3.63) is 29.8 Å². The van der Waals surface area contributed by atoms with Gasteiger partial charge in [0.15, 0.2) is 0 Å². The quantitative estimate of drug-likeness (QED) is 0.510. The lowest BCUT2D eigenvalue weighted by Gasteiger charge is -2.09. The van der Waals surface area contributed by atoms with Crippen molar-refractivity contribution in [1.29, 1.82) is 0 Å². The number of carboxylic acid groups (broad SMARTS) is 1. The molecule has 1 aliphatic rings. The van der Waals surface area contributed by atoms with Crippen LogP contribution in [0.5, 0.6) is 0 Å². The first kappa shape index (κ1) is 15.8. The van der Waals surface area contributed by atoms with Gasteiger partial charge in [-0.05, 0) is 24.1 Å². The first-order valence-corrected chi connectivity index (χ1v) is 8.03. The number of rotatable bonds is 10. The van der Waals surface area contributed by atoms with Gasteiger partial charge in [0.25, 0.3) is 0 Å². The van der Waals surface area contributed by atoms with Crippen molar-refractivity contribution in [2.75, 3.05) is 12.0 Å². The molecule has 0 saturated carbocycles. The van der Waals surface area contributed by atoms with Crippen molar-refractivity contribution in [3.63, 3.8) is 0 Å². The third-order valence-corrected chi connectivity index (χ3v) is 3.94. The third kappa shape index (κ3) is 5.76. The van der Waals surface area contributed by atoms with E-state index in [1.165, 1.54) is 38.5 Å². The molecule has 0 spiro atoms. The molecule has 2 unspecified atom stereocenters. The number of anilines is 1. The minimum atomic E-state index is -0.787. The summed E-state index contributed by atoms with van der Waals surface area (Å²) in [4.78, 5) is 10.6. The molecule has 4 nitrogen and oxygen atoms in total. The van der Waals surface area contributed by atoms with Gasteiger partial charge in [0.05, 0.1) is 6.42 Å². The van der Waals surface area contributed by atoms with E-state index >= 15 is 0 Å². The van der Waals surface area contributed by atoms with Crippen LogP contribution in [-0.4, -0.2) is 28.7 Å². The average molecular weight is 290 g/mol. The Balaban J connectivity index is 1.64. The highest BCUT2D eigenvalue weighted by Gasteiger charge is 2.33. The van der Waals surface area contributed by atoms with E-state index in [0.29, 0.717) is 6.04 Å². The molecule has 1 aromatic rings. The highest BCUT2D eigenvalue weighted by atomic mass is 16.4. The Morgan fingerprint density at radius 2 is 1.95 bits per heavy atom. The highest BCUT2D eigenvalue weighted by Crippen LogP contribution is 2.25. The minimum Gasteiger partial charge on any atom is -0.481 e. The molecule has 0 amide bonds. The molecule has 21 heavy (non-hydrogen) atoms. The van der Waals surface area contributed by atoms with E-state index in [2.05, 4.69) is 17.4 Å². The number of hydrogen-bond donors (Lipinski definition) is 2. The molecule has 1 aliphatic heterocycles. The minimum absolute atomic E-state index is 0.0877. The molecule has 1 aromatic carbocycles. The van der Waals surface area contributed by atoms with Gasteiger partial charge in [0, 0.05) is 18.3 Å². The van der Waals surface area contributed by atoms with E-state index in [9.17, 15) is 4.79 Å². The fraction of sp³-hybridized carbons (Fsp3) is 0.588. The zero-order valence-corrected chi connectivity index (χ0v) is 12.8. The fourth-order valence-electron chi connectivity index (χ4n) is 2.59. The topological polar surface area (TPSA) is 52.3 Å². The molecule has 0 aliphatic carbocycles. The second kappa shape index (κ2) is 8.03. The van der Waals surface area contributed by atoms with Crippen LogP contribution in [-0.2, 0) is 11.2 Å². The Kier molecular flexibility index (Phi) is 6.05. The maximum atomic E-state index is 10.6. The van der Waals surface area contributed by atoms with Crippen LogP contribution in [0.4, 0.5) is 5.69 Å². The largest absolute Gasteiger partial charge is 0.481 e. The second-order valence-electron chi connectivity index (χ2n) is 5.89. The highest BCUT2D eigenvalue weighted by molar-refractivity contribution is 5.70. The molecular weight excluding hydrogens is 264 g/mol. The van der Waals surface area contributed by atoms with Crippen molar-refractivity contribution >= 4 is 11.7 Å². The van der Waals surface area contributed by atoms with Crippen LogP contribution in [0.15, 0.2) is 24.3 Å². The molecule has 4 heteroatoms. The fourth-order valence-corrected chi connectivity index (χ4v) is 2.59. The number of nitrogens with one attached hydrogen (secondary N) is 1. The van der Waals surface area contributed by atoms with Gasteiger partial charge in [0.2, 0.25) is 0 Å². The van der Waals surface area contributed by atoms with Crippen molar-refractivity contribution in [1.82, 2.24) is 5.01 Å². The Bertz CT molecular complexity index is 445. The summed E-state index contributed by atoms with van der Waals surface area (Å²) in [5.41, 5.74) is 5.26. The average Bonchev–Trinajstić information content (AvgIpc) is 3.18. The van der Waals surface area contributed by atoms with E-state index in [1.807, 2.05) is 24.3 Å². The summed E-state index contributed by atoms with van der Waals surface area (Å²) < 4.78 is 0. The lowest BCUT2D eigenvalue weighted by molar-refractivity contribution is -0.136. The maximum absolute atomic E-state index is 10.6. The Labute approximate surface area is 127 Å². The van der Waals surface area contributed by atoms with Gasteiger partial charge in [-0.15, -0.1) is 0 Å². The number of benzene rings is 1. The summed E-state index contributed by atoms with van der Waals surface area (Å²) in [6.45, 7) is 3.36. The molecule has 1 fully saturated rings. The summed E-state index contributed by atoms with van der Waals surface area (Å²) in [5.74, 6) is -0.787. The van der Waals surface area contributed by atoms with E-state index in [1.54, 1.807) is 0 Å². The van der Waals surface area contributed by atoms with Gasteiger partial charge in [-0.25, -0.2) is 5.01 Å². The molecule has 1 heterocycles. The van der Waals surface area contributed by atoms with Crippen LogP contribution in [0, 0.1) is 0 Å². The second-order valence-corrected chi connectivity index (χ2v) is 5.89. The standard InChI is InChI=1S/C17H26N2O2/c1-2-3-4-5-6-7-16-13-19(16)18-15-10-8-14(9-11-15)12-17(20)21/h8-11,16,18H,2-7,12-13H2,1H3,(H,20,21). The molecule has 0 bridgehead atoms. The van der Waals surface area contributed by atoms with Crippen LogP contribution in [0.3, 0.4) is 0 Å². The van der Waals surface area contributed by atoms with Crippen LogP contribution in [0.1, 0.15) is 51.0 Å². The number of carboxylic acids is 1. The summed E-state index contributed by atoms with van der Waals surface area (Å²) in [6, 6.07) is 8.33. The third-order valence-electron chi connectivity index (χ3n) is 3.94. The first-order chi connectivity index (χ1) is 10.2. The zero-order valence-electron chi connectivity index (χ0n) is 12.8. The molecule has 0 aromatic heterocycles. The van der Waals surface area contributed by atoms with Crippen LogP contribution < -0.4 is 5.43 Å².